The van der Waals surface area contributed by atoms with Gasteiger partial charge in [-0.25, -0.2) is 5.43 Å². The van der Waals surface area contributed by atoms with Crippen LogP contribution in [0.15, 0.2) is 64.1 Å². The number of halogens is 2. The maximum Gasteiger partial charge on any atom is 0.288 e. The van der Waals surface area contributed by atoms with E-state index in [4.69, 9.17) is 27.6 Å². The molecular weight excluding hydrogens is 419 g/mol. The first kappa shape index (κ1) is 20.4. The van der Waals surface area contributed by atoms with E-state index in [9.17, 15) is 14.9 Å². The maximum atomic E-state index is 11.8. The minimum atomic E-state index is -0.565. The first-order chi connectivity index (χ1) is 13.9. The van der Waals surface area contributed by atoms with Crippen LogP contribution in [0.3, 0.4) is 0 Å². The Morgan fingerprint density at radius 1 is 1.14 bits per heavy atom. The molecule has 3 rings (SSSR count). The van der Waals surface area contributed by atoms with Crippen LogP contribution >= 0.6 is 23.2 Å². The third-order valence-corrected chi connectivity index (χ3v) is 4.30. The molecule has 0 aliphatic rings. The van der Waals surface area contributed by atoms with Crippen molar-refractivity contribution >= 4 is 46.7 Å². The average molecular weight is 433 g/mol. The molecular formula is C19H14Cl2N4O4. The topological polar surface area (TPSA) is 110 Å². The van der Waals surface area contributed by atoms with Crippen LogP contribution in [0.1, 0.15) is 5.76 Å². The molecule has 10 heteroatoms. The number of benzene rings is 2. The highest BCUT2D eigenvalue weighted by Crippen LogP contribution is 2.31. The molecule has 0 unspecified atom stereocenters. The molecule has 2 aromatic carbocycles. The summed E-state index contributed by atoms with van der Waals surface area (Å²) in [4.78, 5) is 22.2. The largest absolute Gasteiger partial charge is 0.455 e. The Kier molecular flexibility index (Phi) is 6.48. The zero-order chi connectivity index (χ0) is 20.8. The van der Waals surface area contributed by atoms with Gasteiger partial charge < -0.3 is 9.73 Å². The number of furan rings is 1. The number of nitrogens with one attached hydrogen (secondary N) is 2. The number of carbonyl (C=O) groups excluding carboxylic acids is 1. The predicted molar refractivity (Wildman–Crippen MR) is 111 cm³/mol. The molecule has 8 nitrogen and oxygen atoms in total. The van der Waals surface area contributed by atoms with Crippen molar-refractivity contribution in [2.75, 3.05) is 11.9 Å². The molecule has 0 aliphatic heterocycles. The number of nitrogens with zero attached hydrogens (tertiary/aromatic N) is 2. The number of carbonyl (C=O) groups is 1. The Morgan fingerprint density at radius 3 is 2.62 bits per heavy atom. The predicted octanol–water partition coefficient (Wildman–Crippen LogP) is 4.72. The number of nitro benzene ring substituents is 1. The second kappa shape index (κ2) is 9.22. The molecule has 0 saturated heterocycles. The molecule has 0 atom stereocenters. The Balaban J connectivity index is 1.56. The molecule has 3 aromatic rings. The van der Waals surface area contributed by atoms with Crippen LogP contribution in [0.25, 0.3) is 11.3 Å². The van der Waals surface area contributed by atoms with Gasteiger partial charge in [-0.3, -0.25) is 14.9 Å². The minimum Gasteiger partial charge on any atom is -0.455 e. The van der Waals surface area contributed by atoms with Gasteiger partial charge in [-0.1, -0.05) is 23.2 Å². The number of hydrogen-bond donors (Lipinski definition) is 2. The van der Waals surface area contributed by atoms with Crippen molar-refractivity contribution in [3.8, 4) is 11.3 Å². The van der Waals surface area contributed by atoms with E-state index in [1.54, 1.807) is 42.5 Å². The van der Waals surface area contributed by atoms with Crippen LogP contribution in [0.2, 0.25) is 10.0 Å². The highest BCUT2D eigenvalue weighted by Gasteiger charge is 2.15. The summed E-state index contributed by atoms with van der Waals surface area (Å²) in [6.45, 7) is 0.0246. The molecule has 0 aliphatic carbocycles. The van der Waals surface area contributed by atoms with Crippen molar-refractivity contribution in [3.63, 3.8) is 0 Å². The smallest absolute Gasteiger partial charge is 0.288 e. The normalized spacial score (nSPS) is 10.8. The van der Waals surface area contributed by atoms with Crippen molar-refractivity contribution in [3.05, 3.63) is 80.5 Å². The number of rotatable bonds is 7. The van der Waals surface area contributed by atoms with Gasteiger partial charge in [0, 0.05) is 22.3 Å². The first-order valence-electron chi connectivity index (χ1n) is 8.28. The van der Waals surface area contributed by atoms with Gasteiger partial charge in [-0.15, -0.1) is 0 Å². The van der Waals surface area contributed by atoms with Gasteiger partial charge in [-0.2, -0.15) is 5.10 Å². The quantitative estimate of drug-likeness (QED) is 0.318. The second-order valence-electron chi connectivity index (χ2n) is 5.78. The van der Waals surface area contributed by atoms with E-state index in [2.05, 4.69) is 15.8 Å². The summed E-state index contributed by atoms with van der Waals surface area (Å²) < 4.78 is 5.57. The van der Waals surface area contributed by atoms with Crippen LogP contribution in [0.5, 0.6) is 0 Å². The molecule has 148 valence electrons. The molecule has 0 bridgehead atoms. The fourth-order valence-corrected chi connectivity index (χ4v) is 2.65. The summed E-state index contributed by atoms with van der Waals surface area (Å²) in [6, 6.07) is 14.6. The lowest BCUT2D eigenvalue weighted by molar-refractivity contribution is -0.384. The van der Waals surface area contributed by atoms with Crippen LogP contribution in [-0.2, 0) is 4.79 Å². The third kappa shape index (κ3) is 5.56. The van der Waals surface area contributed by atoms with Crippen LogP contribution in [0.4, 0.5) is 11.4 Å². The van der Waals surface area contributed by atoms with E-state index in [0.29, 0.717) is 22.1 Å². The van der Waals surface area contributed by atoms with Crippen molar-refractivity contribution in [2.45, 2.75) is 0 Å². The summed E-state index contributed by atoms with van der Waals surface area (Å²) in [5.41, 5.74) is 3.41. The first-order valence-corrected chi connectivity index (χ1v) is 9.03. The monoisotopic (exact) mass is 432 g/mol. The molecule has 1 amide bonds. The Labute approximate surface area is 175 Å². The summed E-state index contributed by atoms with van der Waals surface area (Å²) >= 11 is 11.6. The lowest BCUT2D eigenvalue weighted by Crippen LogP contribution is -2.25. The number of anilines is 1. The Hall–Kier alpha value is -3.36. The minimum absolute atomic E-state index is 0.0246. The number of nitro groups is 1. The third-order valence-electron chi connectivity index (χ3n) is 3.73. The molecule has 0 saturated carbocycles. The van der Waals surface area contributed by atoms with Crippen LogP contribution in [-0.4, -0.2) is 23.6 Å². The number of amides is 1. The Bertz CT molecular complexity index is 1060. The lowest BCUT2D eigenvalue weighted by atomic mass is 10.1. The van der Waals surface area contributed by atoms with Crippen LogP contribution < -0.4 is 10.7 Å². The summed E-state index contributed by atoms with van der Waals surface area (Å²) in [6.07, 6.45) is 1.33. The molecule has 1 heterocycles. The zero-order valence-electron chi connectivity index (χ0n) is 14.8. The fraction of sp³-hybridized carbons (Fsp3) is 0.0526. The number of hydrazone groups is 1. The summed E-state index contributed by atoms with van der Waals surface area (Å²) in [7, 11) is 0. The van der Waals surface area contributed by atoms with Gasteiger partial charge in [0.1, 0.15) is 16.5 Å². The van der Waals surface area contributed by atoms with Crippen molar-refractivity contribution in [2.24, 2.45) is 5.10 Å². The SMILES string of the molecule is O=C(CNc1ccc(Cl)cc1)N/N=C\c1ccc(-c2ccc(Cl)c([N+](=O)[O-])c2)o1. The van der Waals surface area contributed by atoms with Gasteiger partial charge >= 0.3 is 0 Å². The van der Waals surface area contributed by atoms with E-state index in [0.717, 1.165) is 5.69 Å². The van der Waals surface area contributed by atoms with Gasteiger partial charge in [0.25, 0.3) is 11.6 Å². The van der Waals surface area contributed by atoms with Crippen LogP contribution in [0, 0.1) is 10.1 Å². The molecule has 0 fully saturated rings. The van der Waals surface area contributed by atoms with Gasteiger partial charge in [0.2, 0.25) is 0 Å². The fourth-order valence-electron chi connectivity index (χ4n) is 2.34. The lowest BCUT2D eigenvalue weighted by Gasteiger charge is -2.04. The van der Waals surface area contributed by atoms with Gasteiger partial charge in [-0.05, 0) is 48.5 Å². The summed E-state index contributed by atoms with van der Waals surface area (Å²) in [5.74, 6) is 0.418. The second-order valence-corrected chi connectivity index (χ2v) is 6.62. The highest BCUT2D eigenvalue weighted by atomic mass is 35.5. The van der Waals surface area contributed by atoms with Gasteiger partial charge in [0.05, 0.1) is 17.7 Å². The van der Waals surface area contributed by atoms with Crippen molar-refractivity contribution in [1.82, 2.24) is 5.43 Å². The molecule has 1 aromatic heterocycles. The van der Waals surface area contributed by atoms with Crippen molar-refractivity contribution < 1.29 is 14.1 Å². The van der Waals surface area contributed by atoms with E-state index in [-0.39, 0.29) is 23.2 Å². The zero-order valence-corrected chi connectivity index (χ0v) is 16.3. The Morgan fingerprint density at radius 2 is 1.90 bits per heavy atom. The highest BCUT2D eigenvalue weighted by molar-refractivity contribution is 6.32. The van der Waals surface area contributed by atoms with Gasteiger partial charge in [0.15, 0.2) is 0 Å². The van der Waals surface area contributed by atoms with E-state index in [1.807, 2.05) is 0 Å². The molecule has 0 radical (unpaired) electrons. The molecule has 29 heavy (non-hydrogen) atoms. The van der Waals surface area contributed by atoms with E-state index < -0.39 is 4.92 Å². The standard InChI is InChI=1S/C19H14Cl2N4O4/c20-13-2-4-14(5-3-13)22-11-19(26)24-23-10-15-6-8-18(29-15)12-1-7-16(21)17(9-12)25(27)28/h1-10,22H,11H2,(H,24,26)/b23-10-. The average Bonchev–Trinajstić information content (AvgIpc) is 3.16. The molecule has 2 N–H and O–H groups in total. The van der Waals surface area contributed by atoms with E-state index in [1.165, 1.54) is 18.3 Å². The molecule has 0 spiro atoms. The van der Waals surface area contributed by atoms with Crippen molar-refractivity contribution in [1.29, 1.82) is 0 Å². The summed E-state index contributed by atoms with van der Waals surface area (Å²) in [5, 5.41) is 18.4. The number of hydrogen-bond acceptors (Lipinski definition) is 6. The maximum absolute atomic E-state index is 11.8. The van der Waals surface area contributed by atoms with E-state index >= 15 is 0 Å².